The summed E-state index contributed by atoms with van der Waals surface area (Å²) in [5, 5.41) is 3.67. The van der Waals surface area contributed by atoms with Crippen LogP contribution in [0.15, 0.2) is 29.3 Å². The highest BCUT2D eigenvalue weighted by atomic mass is 16.5. The van der Waals surface area contributed by atoms with Crippen LogP contribution in [0.1, 0.15) is 36.9 Å². The molecule has 2 aliphatic rings. The third-order valence-corrected chi connectivity index (χ3v) is 5.54. The van der Waals surface area contributed by atoms with E-state index in [1.54, 1.807) is 0 Å². The lowest BCUT2D eigenvalue weighted by atomic mass is 10.0. The highest BCUT2D eigenvalue weighted by Gasteiger charge is 2.25. The summed E-state index contributed by atoms with van der Waals surface area (Å²) in [4.78, 5) is 9.52. The predicted molar refractivity (Wildman–Crippen MR) is 108 cm³/mol. The molecular formula is C21H34N4O. The number of guanidine groups is 1. The molecule has 0 amide bonds. The van der Waals surface area contributed by atoms with Crippen molar-refractivity contribution in [1.82, 2.24) is 15.1 Å². The van der Waals surface area contributed by atoms with Crippen molar-refractivity contribution in [2.45, 2.75) is 32.7 Å². The number of ether oxygens (including phenoxy) is 1. The molecule has 2 unspecified atom stereocenters. The molecule has 2 aliphatic heterocycles. The molecule has 2 atom stereocenters. The molecule has 144 valence electrons. The van der Waals surface area contributed by atoms with Gasteiger partial charge in [0.1, 0.15) is 0 Å². The van der Waals surface area contributed by atoms with Crippen LogP contribution < -0.4 is 5.32 Å². The normalized spacial score (nSPS) is 23.7. The monoisotopic (exact) mass is 358 g/mol. The SMILES string of the molecule is CN=C(NCC(c1cccc(C)c1)N1CCOCC1)N1CCCC(C)C1. The first kappa shape index (κ1) is 19.2. The Morgan fingerprint density at radius 1 is 1.31 bits per heavy atom. The first-order valence-corrected chi connectivity index (χ1v) is 10.0. The van der Waals surface area contributed by atoms with Crippen LogP contribution in [-0.4, -0.2) is 68.7 Å². The number of piperidine rings is 1. The minimum atomic E-state index is 0.345. The Hall–Kier alpha value is -1.59. The zero-order valence-corrected chi connectivity index (χ0v) is 16.6. The number of aryl methyl sites for hydroxylation is 1. The van der Waals surface area contributed by atoms with Crippen LogP contribution in [0.4, 0.5) is 0 Å². The van der Waals surface area contributed by atoms with Crippen molar-refractivity contribution in [2.24, 2.45) is 10.9 Å². The number of likely N-dealkylation sites (tertiary alicyclic amines) is 1. The van der Waals surface area contributed by atoms with E-state index in [-0.39, 0.29) is 0 Å². The molecule has 5 nitrogen and oxygen atoms in total. The maximum Gasteiger partial charge on any atom is 0.193 e. The summed E-state index contributed by atoms with van der Waals surface area (Å²) in [5.74, 6) is 1.79. The molecule has 1 aromatic rings. The van der Waals surface area contributed by atoms with Gasteiger partial charge in [0.05, 0.1) is 19.3 Å². The largest absolute Gasteiger partial charge is 0.379 e. The Bertz CT molecular complexity index is 597. The Labute approximate surface area is 158 Å². The van der Waals surface area contributed by atoms with Gasteiger partial charge in [0.15, 0.2) is 5.96 Å². The van der Waals surface area contributed by atoms with E-state index in [4.69, 9.17) is 4.74 Å². The molecule has 0 saturated carbocycles. The quantitative estimate of drug-likeness (QED) is 0.664. The molecule has 2 fully saturated rings. The van der Waals surface area contributed by atoms with Gasteiger partial charge in [-0.1, -0.05) is 36.8 Å². The lowest BCUT2D eigenvalue weighted by Gasteiger charge is -2.37. The van der Waals surface area contributed by atoms with Gasteiger partial charge in [0.25, 0.3) is 0 Å². The van der Waals surface area contributed by atoms with Crippen LogP contribution in [-0.2, 0) is 4.74 Å². The molecule has 2 saturated heterocycles. The van der Waals surface area contributed by atoms with E-state index >= 15 is 0 Å². The fourth-order valence-corrected chi connectivity index (χ4v) is 4.13. The summed E-state index contributed by atoms with van der Waals surface area (Å²) in [6.45, 7) is 11.2. The fourth-order valence-electron chi connectivity index (χ4n) is 4.13. The average Bonchev–Trinajstić information content (AvgIpc) is 2.66. The van der Waals surface area contributed by atoms with E-state index in [0.29, 0.717) is 6.04 Å². The zero-order valence-electron chi connectivity index (χ0n) is 16.6. The van der Waals surface area contributed by atoms with E-state index in [0.717, 1.165) is 57.8 Å². The molecule has 0 bridgehead atoms. The summed E-state index contributed by atoms with van der Waals surface area (Å²) < 4.78 is 5.57. The standard InChI is InChI=1S/C21H34N4O/c1-17-6-4-8-19(14-17)20(24-10-12-26-13-11-24)15-23-21(22-3)25-9-5-7-18(2)16-25/h4,6,8,14,18,20H,5,7,9-13,15-16H2,1-3H3,(H,22,23). The van der Waals surface area contributed by atoms with E-state index in [1.165, 1.54) is 24.0 Å². The first-order valence-electron chi connectivity index (χ1n) is 10.0. The Balaban J connectivity index is 1.70. The van der Waals surface area contributed by atoms with Gasteiger partial charge in [0.2, 0.25) is 0 Å². The molecule has 1 aromatic carbocycles. The van der Waals surface area contributed by atoms with E-state index < -0.39 is 0 Å². The molecule has 0 aromatic heterocycles. The van der Waals surface area contributed by atoms with Crippen molar-refractivity contribution in [3.05, 3.63) is 35.4 Å². The first-order chi connectivity index (χ1) is 12.7. The van der Waals surface area contributed by atoms with E-state index in [9.17, 15) is 0 Å². The van der Waals surface area contributed by atoms with Gasteiger partial charge in [-0.3, -0.25) is 9.89 Å². The molecule has 0 spiro atoms. The second-order valence-electron chi connectivity index (χ2n) is 7.70. The van der Waals surface area contributed by atoms with Crippen molar-refractivity contribution >= 4 is 5.96 Å². The second kappa shape index (κ2) is 9.38. The average molecular weight is 359 g/mol. The lowest BCUT2D eigenvalue weighted by Crippen LogP contribution is -2.49. The van der Waals surface area contributed by atoms with Gasteiger partial charge < -0.3 is 15.0 Å². The number of hydrogen-bond acceptors (Lipinski definition) is 3. The number of nitrogens with zero attached hydrogens (tertiary/aromatic N) is 3. The molecule has 5 heteroatoms. The number of benzene rings is 1. The minimum Gasteiger partial charge on any atom is -0.379 e. The summed E-state index contributed by atoms with van der Waals surface area (Å²) in [5.41, 5.74) is 2.69. The third kappa shape index (κ3) is 4.98. The van der Waals surface area contributed by atoms with Gasteiger partial charge >= 0.3 is 0 Å². The second-order valence-corrected chi connectivity index (χ2v) is 7.70. The molecule has 3 rings (SSSR count). The van der Waals surface area contributed by atoms with Crippen LogP contribution in [0.2, 0.25) is 0 Å². The number of nitrogens with one attached hydrogen (secondary N) is 1. The van der Waals surface area contributed by atoms with Crippen molar-refractivity contribution in [3.8, 4) is 0 Å². The summed E-state index contributed by atoms with van der Waals surface area (Å²) >= 11 is 0. The lowest BCUT2D eigenvalue weighted by molar-refractivity contribution is 0.0168. The van der Waals surface area contributed by atoms with Gasteiger partial charge in [-0.15, -0.1) is 0 Å². The number of aliphatic imine (C=N–C) groups is 1. The molecule has 0 radical (unpaired) electrons. The Morgan fingerprint density at radius 3 is 2.81 bits per heavy atom. The summed E-state index contributed by atoms with van der Waals surface area (Å²) in [6, 6.07) is 9.24. The molecule has 26 heavy (non-hydrogen) atoms. The Kier molecular flexibility index (Phi) is 6.92. The maximum absolute atomic E-state index is 5.57. The highest BCUT2D eigenvalue weighted by Crippen LogP contribution is 2.23. The minimum absolute atomic E-state index is 0.345. The van der Waals surface area contributed by atoms with Crippen LogP contribution in [0.5, 0.6) is 0 Å². The van der Waals surface area contributed by atoms with Crippen LogP contribution in [0, 0.1) is 12.8 Å². The molecular weight excluding hydrogens is 324 g/mol. The zero-order chi connectivity index (χ0) is 18.4. The molecule has 0 aliphatic carbocycles. The van der Waals surface area contributed by atoms with Crippen LogP contribution >= 0.6 is 0 Å². The highest BCUT2D eigenvalue weighted by molar-refractivity contribution is 5.80. The van der Waals surface area contributed by atoms with Crippen molar-refractivity contribution in [3.63, 3.8) is 0 Å². The molecule has 1 N–H and O–H groups in total. The van der Waals surface area contributed by atoms with Gasteiger partial charge in [-0.2, -0.15) is 0 Å². The number of hydrogen-bond donors (Lipinski definition) is 1. The van der Waals surface area contributed by atoms with Crippen molar-refractivity contribution in [2.75, 3.05) is 53.0 Å². The van der Waals surface area contributed by atoms with Crippen LogP contribution in [0.25, 0.3) is 0 Å². The maximum atomic E-state index is 5.57. The van der Waals surface area contributed by atoms with Crippen molar-refractivity contribution in [1.29, 1.82) is 0 Å². The summed E-state index contributed by atoms with van der Waals surface area (Å²) in [6.07, 6.45) is 2.58. The summed E-state index contributed by atoms with van der Waals surface area (Å²) in [7, 11) is 1.90. The topological polar surface area (TPSA) is 40.1 Å². The number of morpholine rings is 1. The number of rotatable bonds is 4. The fraction of sp³-hybridized carbons (Fsp3) is 0.667. The van der Waals surface area contributed by atoms with Gasteiger partial charge in [-0.25, -0.2) is 0 Å². The van der Waals surface area contributed by atoms with Gasteiger partial charge in [-0.05, 0) is 31.2 Å². The van der Waals surface area contributed by atoms with Gasteiger partial charge in [0, 0.05) is 39.8 Å². The molecule has 2 heterocycles. The third-order valence-electron chi connectivity index (χ3n) is 5.54. The van der Waals surface area contributed by atoms with Crippen LogP contribution in [0.3, 0.4) is 0 Å². The predicted octanol–water partition coefficient (Wildman–Crippen LogP) is 2.68. The van der Waals surface area contributed by atoms with Crippen molar-refractivity contribution < 1.29 is 4.74 Å². The van der Waals surface area contributed by atoms with E-state index in [1.807, 2.05) is 7.05 Å². The van der Waals surface area contributed by atoms with E-state index in [2.05, 4.69) is 58.2 Å². The Morgan fingerprint density at radius 2 is 2.12 bits per heavy atom. The smallest absolute Gasteiger partial charge is 0.193 e.